The molecule has 8 nitrogen and oxygen atoms in total. The summed E-state index contributed by atoms with van der Waals surface area (Å²) >= 11 is 0. The molecule has 2 amide bonds. The van der Waals surface area contributed by atoms with E-state index in [9.17, 15) is 9.59 Å². The smallest absolute Gasteiger partial charge is 0.349 e. The number of allylic oxidation sites excluding steroid dienone is 1. The number of ether oxygens (including phenoxy) is 2. The number of nitrogens with one attached hydrogen (secondary N) is 1. The molecule has 0 spiro atoms. The van der Waals surface area contributed by atoms with Crippen molar-refractivity contribution in [2.75, 3.05) is 18.1 Å². The van der Waals surface area contributed by atoms with Gasteiger partial charge in [0.1, 0.15) is 17.6 Å². The number of aliphatic imine (C=N–C) groups is 1. The van der Waals surface area contributed by atoms with E-state index in [4.69, 9.17) is 15.2 Å². The molecule has 1 atom stereocenters. The van der Waals surface area contributed by atoms with Crippen LogP contribution in [0.3, 0.4) is 0 Å². The Kier molecular flexibility index (Phi) is 7.43. The molecule has 1 aliphatic carbocycles. The van der Waals surface area contributed by atoms with Crippen molar-refractivity contribution in [2.45, 2.75) is 70.9 Å². The van der Waals surface area contributed by atoms with E-state index >= 15 is 0 Å². The van der Waals surface area contributed by atoms with E-state index in [-0.39, 0.29) is 11.9 Å². The average molecular weight is 443 g/mol. The molecule has 8 heteroatoms. The Morgan fingerprint density at radius 1 is 1.31 bits per heavy atom. The molecule has 1 heterocycles. The predicted octanol–water partition coefficient (Wildman–Crippen LogP) is 3.85. The van der Waals surface area contributed by atoms with Crippen LogP contribution in [0.2, 0.25) is 0 Å². The number of anilines is 1. The molecule has 1 aliphatic heterocycles. The Labute approximate surface area is 189 Å². The SMILES string of the molecule is CCN(C(=O)NC1CC1)c1ccc2c(c1)C(C/C(=C/N)N=CC(=O)OC(C)(C)C)CCO2. The summed E-state index contributed by atoms with van der Waals surface area (Å²) in [6, 6.07) is 6.07. The fraction of sp³-hybridized carbons (Fsp3) is 0.542. The van der Waals surface area contributed by atoms with Crippen molar-refractivity contribution < 1.29 is 19.1 Å². The van der Waals surface area contributed by atoms with Gasteiger partial charge in [0.15, 0.2) is 0 Å². The number of nitrogens with zero attached hydrogens (tertiary/aromatic N) is 2. The lowest BCUT2D eigenvalue weighted by Crippen LogP contribution is -2.41. The maximum absolute atomic E-state index is 12.6. The molecule has 174 valence electrons. The topological polar surface area (TPSA) is 106 Å². The maximum atomic E-state index is 12.6. The summed E-state index contributed by atoms with van der Waals surface area (Å²) in [7, 11) is 0. The first-order valence-electron chi connectivity index (χ1n) is 11.2. The summed E-state index contributed by atoms with van der Waals surface area (Å²) < 4.78 is 11.1. The summed E-state index contributed by atoms with van der Waals surface area (Å²) in [5, 5.41) is 3.05. The number of hydrogen-bond donors (Lipinski definition) is 2. The van der Waals surface area contributed by atoms with Crippen LogP contribution in [0.15, 0.2) is 35.1 Å². The summed E-state index contributed by atoms with van der Waals surface area (Å²) in [5.41, 5.74) is 7.65. The van der Waals surface area contributed by atoms with E-state index in [1.54, 1.807) is 25.7 Å². The normalized spacial score (nSPS) is 18.6. The number of esters is 1. The third-order valence-corrected chi connectivity index (χ3v) is 5.33. The van der Waals surface area contributed by atoms with Crippen LogP contribution in [0.5, 0.6) is 5.75 Å². The molecule has 1 aromatic carbocycles. The van der Waals surface area contributed by atoms with Crippen molar-refractivity contribution in [2.24, 2.45) is 10.7 Å². The number of carbonyl (C=O) groups excluding carboxylic acids is 2. The summed E-state index contributed by atoms with van der Waals surface area (Å²) in [6.45, 7) is 8.53. The molecule has 1 aromatic rings. The summed E-state index contributed by atoms with van der Waals surface area (Å²) in [4.78, 5) is 30.6. The predicted molar refractivity (Wildman–Crippen MR) is 125 cm³/mol. The highest BCUT2D eigenvalue weighted by molar-refractivity contribution is 6.23. The molecule has 0 bridgehead atoms. The van der Waals surface area contributed by atoms with Crippen LogP contribution in [-0.4, -0.2) is 43.0 Å². The quantitative estimate of drug-likeness (QED) is 0.493. The first-order chi connectivity index (χ1) is 15.2. The fourth-order valence-electron chi connectivity index (χ4n) is 3.64. The lowest BCUT2D eigenvalue weighted by atomic mass is 9.88. The van der Waals surface area contributed by atoms with Gasteiger partial charge in [-0.15, -0.1) is 0 Å². The zero-order valence-corrected chi connectivity index (χ0v) is 19.4. The Hall–Kier alpha value is -3.03. The van der Waals surface area contributed by atoms with Gasteiger partial charge in [0.05, 0.1) is 12.3 Å². The molecule has 3 N–H and O–H groups in total. The van der Waals surface area contributed by atoms with Crippen molar-refractivity contribution in [3.05, 3.63) is 35.7 Å². The van der Waals surface area contributed by atoms with Crippen molar-refractivity contribution in [3.63, 3.8) is 0 Å². The third kappa shape index (κ3) is 6.48. The van der Waals surface area contributed by atoms with E-state index in [0.717, 1.165) is 36.3 Å². The Bertz CT molecular complexity index is 900. The second kappa shape index (κ2) is 10.1. The van der Waals surface area contributed by atoms with E-state index in [1.165, 1.54) is 12.4 Å². The minimum atomic E-state index is -0.581. The summed E-state index contributed by atoms with van der Waals surface area (Å²) in [5.74, 6) is 0.400. The second-order valence-electron chi connectivity index (χ2n) is 9.18. The highest BCUT2D eigenvalue weighted by Crippen LogP contribution is 2.39. The average Bonchev–Trinajstić information content (AvgIpc) is 3.54. The van der Waals surface area contributed by atoms with Crippen LogP contribution < -0.4 is 20.7 Å². The zero-order chi connectivity index (χ0) is 23.3. The van der Waals surface area contributed by atoms with E-state index in [2.05, 4.69) is 10.3 Å². The van der Waals surface area contributed by atoms with Gasteiger partial charge in [-0.1, -0.05) is 0 Å². The molecule has 0 saturated heterocycles. The Balaban J connectivity index is 1.75. The van der Waals surface area contributed by atoms with Gasteiger partial charge in [-0.3, -0.25) is 9.89 Å². The van der Waals surface area contributed by atoms with Gasteiger partial charge in [-0.2, -0.15) is 0 Å². The van der Waals surface area contributed by atoms with Crippen LogP contribution in [0, 0.1) is 0 Å². The number of hydrogen-bond acceptors (Lipinski definition) is 6. The van der Waals surface area contributed by atoms with Crippen LogP contribution in [0.4, 0.5) is 10.5 Å². The molecule has 3 rings (SSSR count). The van der Waals surface area contributed by atoms with E-state index in [0.29, 0.717) is 31.3 Å². The van der Waals surface area contributed by atoms with Gasteiger partial charge >= 0.3 is 12.0 Å². The Morgan fingerprint density at radius 3 is 2.69 bits per heavy atom. The van der Waals surface area contributed by atoms with Gasteiger partial charge < -0.3 is 20.5 Å². The molecule has 1 fully saturated rings. The third-order valence-electron chi connectivity index (χ3n) is 5.33. The van der Waals surface area contributed by atoms with Crippen molar-refractivity contribution in [1.29, 1.82) is 0 Å². The van der Waals surface area contributed by atoms with Crippen molar-refractivity contribution in [3.8, 4) is 5.75 Å². The number of carbonyl (C=O) groups is 2. The first-order valence-corrected chi connectivity index (χ1v) is 11.2. The number of fused-ring (bicyclic) bond motifs is 1. The van der Waals surface area contributed by atoms with Crippen molar-refractivity contribution >= 4 is 23.9 Å². The van der Waals surface area contributed by atoms with E-state index in [1.807, 2.05) is 25.1 Å². The second-order valence-corrected chi connectivity index (χ2v) is 9.18. The largest absolute Gasteiger partial charge is 0.493 e. The minimum Gasteiger partial charge on any atom is -0.493 e. The van der Waals surface area contributed by atoms with Gasteiger partial charge in [0.25, 0.3) is 0 Å². The Morgan fingerprint density at radius 2 is 2.06 bits per heavy atom. The molecular weight excluding hydrogens is 408 g/mol. The van der Waals surface area contributed by atoms with Gasteiger partial charge in [-0.05, 0) is 83.1 Å². The van der Waals surface area contributed by atoms with Crippen molar-refractivity contribution in [1.82, 2.24) is 5.32 Å². The summed E-state index contributed by atoms with van der Waals surface area (Å²) in [6.07, 6.45) is 6.01. The number of urea groups is 1. The number of benzene rings is 1. The molecule has 1 saturated carbocycles. The molecule has 0 radical (unpaired) electrons. The number of amides is 2. The van der Waals surface area contributed by atoms with Gasteiger partial charge in [0.2, 0.25) is 0 Å². The van der Waals surface area contributed by atoms with Gasteiger partial charge in [0, 0.05) is 24.5 Å². The zero-order valence-electron chi connectivity index (χ0n) is 19.4. The molecule has 0 aromatic heterocycles. The monoisotopic (exact) mass is 442 g/mol. The molecule has 32 heavy (non-hydrogen) atoms. The number of rotatable bonds is 7. The highest BCUT2D eigenvalue weighted by atomic mass is 16.6. The first kappa shape index (κ1) is 23.6. The van der Waals surface area contributed by atoms with Crippen LogP contribution in [-0.2, 0) is 9.53 Å². The lowest BCUT2D eigenvalue weighted by molar-refractivity contribution is -0.145. The molecule has 1 unspecified atom stereocenters. The van der Waals surface area contributed by atoms with E-state index < -0.39 is 11.6 Å². The fourth-order valence-corrected chi connectivity index (χ4v) is 3.64. The van der Waals surface area contributed by atoms with Gasteiger partial charge in [-0.25, -0.2) is 9.59 Å². The number of nitrogens with two attached hydrogens (primary N) is 1. The standard InChI is InChI=1S/C24H34N4O4/c1-5-28(23(30)27-17-6-7-17)19-8-9-21-20(13-19)16(10-11-31-21)12-18(14-25)26-15-22(29)32-24(2,3)4/h8-9,13-17H,5-7,10-12,25H2,1-4H3,(H,27,30)/b18-14-,26-15?. The van der Waals surface area contributed by atoms with Crippen LogP contribution in [0.25, 0.3) is 0 Å². The molecule has 2 aliphatic rings. The highest BCUT2D eigenvalue weighted by Gasteiger charge is 2.28. The van der Waals surface area contributed by atoms with Crippen LogP contribution >= 0.6 is 0 Å². The minimum absolute atomic E-state index is 0.0762. The van der Waals surface area contributed by atoms with Crippen LogP contribution in [0.1, 0.15) is 64.9 Å². The molecular formula is C24H34N4O4. The maximum Gasteiger partial charge on any atom is 0.349 e. The lowest BCUT2D eigenvalue weighted by Gasteiger charge is -2.29.